The molecule has 1 N–H and O–H groups in total. The first-order valence-corrected chi connectivity index (χ1v) is 9.12. The van der Waals surface area contributed by atoms with Crippen LogP contribution in [0, 0.1) is 6.92 Å². The minimum Gasteiger partial charge on any atom is -0.347 e. The van der Waals surface area contributed by atoms with Crippen LogP contribution in [-0.4, -0.2) is 45.4 Å². The lowest BCUT2D eigenvalue weighted by atomic mass is 10.1. The smallest absolute Gasteiger partial charge is 0.251 e. The molecule has 27 heavy (non-hydrogen) atoms. The predicted molar refractivity (Wildman–Crippen MR) is 104 cm³/mol. The molecular formula is C21H22N4O2. The van der Waals surface area contributed by atoms with Crippen molar-refractivity contribution in [2.45, 2.75) is 26.3 Å². The van der Waals surface area contributed by atoms with E-state index >= 15 is 0 Å². The normalized spacial score (nSPS) is 16.7. The third-order valence-corrected chi connectivity index (χ3v) is 5.06. The fourth-order valence-corrected chi connectivity index (χ4v) is 3.57. The van der Waals surface area contributed by atoms with E-state index in [1.54, 1.807) is 18.2 Å². The number of nitrogens with zero attached hydrogens (tertiary/aromatic N) is 3. The Kier molecular flexibility index (Phi) is 4.39. The van der Waals surface area contributed by atoms with Crippen LogP contribution in [0.3, 0.4) is 0 Å². The summed E-state index contributed by atoms with van der Waals surface area (Å²) in [4.78, 5) is 30.3. The molecule has 138 valence electrons. The zero-order valence-corrected chi connectivity index (χ0v) is 15.5. The first-order valence-electron chi connectivity index (χ1n) is 9.12. The molecule has 2 heterocycles. The molecular weight excluding hydrogens is 340 g/mol. The lowest BCUT2D eigenvalue weighted by molar-refractivity contribution is -0.127. The van der Waals surface area contributed by atoms with Crippen molar-refractivity contribution in [3.63, 3.8) is 0 Å². The molecule has 2 amide bonds. The van der Waals surface area contributed by atoms with Gasteiger partial charge in [-0.05, 0) is 49.2 Å². The van der Waals surface area contributed by atoms with Crippen molar-refractivity contribution in [3.8, 4) is 5.69 Å². The van der Waals surface area contributed by atoms with Crippen molar-refractivity contribution in [2.24, 2.45) is 0 Å². The largest absolute Gasteiger partial charge is 0.347 e. The lowest BCUT2D eigenvalue weighted by Crippen LogP contribution is -2.37. The van der Waals surface area contributed by atoms with Gasteiger partial charge in [0.05, 0.1) is 11.0 Å². The molecule has 0 bridgehead atoms. The molecule has 1 atom stereocenters. The van der Waals surface area contributed by atoms with E-state index in [0.717, 1.165) is 23.1 Å². The number of carbonyl (C=O) groups is 2. The Morgan fingerprint density at radius 1 is 1.19 bits per heavy atom. The number of imidazole rings is 1. The maximum absolute atomic E-state index is 12.6. The molecule has 0 spiro atoms. The van der Waals surface area contributed by atoms with Gasteiger partial charge < -0.3 is 10.2 Å². The average Bonchev–Trinajstić information content (AvgIpc) is 3.28. The molecule has 6 nitrogen and oxygen atoms in total. The van der Waals surface area contributed by atoms with Gasteiger partial charge in [-0.2, -0.15) is 0 Å². The molecule has 2 aromatic carbocycles. The minimum atomic E-state index is -0.127. The maximum atomic E-state index is 12.6. The Hall–Kier alpha value is -3.15. The van der Waals surface area contributed by atoms with Gasteiger partial charge in [-0.15, -0.1) is 0 Å². The van der Waals surface area contributed by atoms with Gasteiger partial charge in [0.25, 0.3) is 5.91 Å². The summed E-state index contributed by atoms with van der Waals surface area (Å²) in [5.41, 5.74) is 4.55. The quantitative estimate of drug-likeness (QED) is 0.779. The molecule has 0 saturated carbocycles. The summed E-state index contributed by atoms with van der Waals surface area (Å²) < 4.78 is 2.02. The number of aryl methyl sites for hydroxylation is 1. The van der Waals surface area contributed by atoms with Crippen molar-refractivity contribution < 1.29 is 9.59 Å². The summed E-state index contributed by atoms with van der Waals surface area (Å²) in [5.74, 6) is -0.0766. The number of carbonyl (C=O) groups excluding carboxylic acids is 2. The highest BCUT2D eigenvalue weighted by Crippen LogP contribution is 2.20. The maximum Gasteiger partial charge on any atom is 0.251 e. The van der Waals surface area contributed by atoms with Gasteiger partial charge in [0, 0.05) is 37.3 Å². The summed E-state index contributed by atoms with van der Waals surface area (Å²) in [6.07, 6.45) is 2.57. The van der Waals surface area contributed by atoms with Gasteiger partial charge in [-0.25, -0.2) is 4.98 Å². The van der Waals surface area contributed by atoms with Crippen molar-refractivity contribution >= 4 is 22.8 Å². The fraction of sp³-hybridized carbons (Fsp3) is 0.286. The van der Waals surface area contributed by atoms with Crippen LogP contribution >= 0.6 is 0 Å². The third kappa shape index (κ3) is 3.43. The van der Waals surface area contributed by atoms with Gasteiger partial charge >= 0.3 is 0 Å². The van der Waals surface area contributed by atoms with Crippen LogP contribution in [0.1, 0.15) is 29.3 Å². The average molecular weight is 362 g/mol. The van der Waals surface area contributed by atoms with E-state index in [4.69, 9.17) is 0 Å². The molecule has 0 unspecified atom stereocenters. The van der Waals surface area contributed by atoms with E-state index in [2.05, 4.69) is 29.4 Å². The van der Waals surface area contributed by atoms with Crippen LogP contribution in [0.5, 0.6) is 0 Å². The topological polar surface area (TPSA) is 67.2 Å². The molecule has 1 aliphatic rings. The number of amides is 2. The second kappa shape index (κ2) is 6.87. The molecule has 1 fully saturated rings. The highest BCUT2D eigenvalue weighted by Gasteiger charge is 2.25. The molecule has 6 heteroatoms. The molecule has 0 aliphatic carbocycles. The van der Waals surface area contributed by atoms with Crippen LogP contribution in [0.2, 0.25) is 0 Å². The highest BCUT2D eigenvalue weighted by atomic mass is 16.2. The Morgan fingerprint density at radius 2 is 2.04 bits per heavy atom. The molecule has 1 saturated heterocycles. The molecule has 1 aliphatic heterocycles. The van der Waals surface area contributed by atoms with Crippen LogP contribution in [0.25, 0.3) is 16.7 Å². The molecule has 1 aromatic heterocycles. The minimum absolute atomic E-state index is 0.00180. The Balaban J connectivity index is 1.54. The van der Waals surface area contributed by atoms with E-state index in [-0.39, 0.29) is 17.9 Å². The zero-order valence-electron chi connectivity index (χ0n) is 15.5. The van der Waals surface area contributed by atoms with Gasteiger partial charge in [-0.1, -0.05) is 12.1 Å². The number of aromatic nitrogens is 2. The number of fused-ring (bicyclic) bond motifs is 1. The number of rotatable bonds is 3. The SMILES string of the molecule is CC(=O)N1CC[C@@H](NC(=O)c2ccc3c(c2)ncn3-c2cccc(C)c2)C1. The van der Waals surface area contributed by atoms with Crippen molar-refractivity contribution in [3.05, 3.63) is 59.9 Å². The van der Waals surface area contributed by atoms with Gasteiger partial charge in [0.1, 0.15) is 6.33 Å². The van der Waals surface area contributed by atoms with E-state index in [0.29, 0.717) is 18.7 Å². The summed E-state index contributed by atoms with van der Waals surface area (Å²) in [6.45, 7) is 4.88. The summed E-state index contributed by atoms with van der Waals surface area (Å²) in [6, 6.07) is 13.8. The first kappa shape index (κ1) is 17.3. The number of hydrogen-bond donors (Lipinski definition) is 1. The van der Waals surface area contributed by atoms with Crippen LogP contribution in [-0.2, 0) is 4.79 Å². The summed E-state index contributed by atoms with van der Waals surface area (Å²) in [7, 11) is 0. The Labute approximate surface area is 157 Å². The lowest BCUT2D eigenvalue weighted by Gasteiger charge is -2.15. The van der Waals surface area contributed by atoms with Crippen molar-refractivity contribution in [1.29, 1.82) is 0 Å². The van der Waals surface area contributed by atoms with E-state index in [9.17, 15) is 9.59 Å². The van der Waals surface area contributed by atoms with Gasteiger partial charge in [-0.3, -0.25) is 14.2 Å². The predicted octanol–water partition coefficient (Wildman–Crippen LogP) is 2.68. The van der Waals surface area contributed by atoms with Crippen LogP contribution in [0.4, 0.5) is 0 Å². The number of hydrogen-bond acceptors (Lipinski definition) is 3. The fourth-order valence-electron chi connectivity index (χ4n) is 3.57. The zero-order chi connectivity index (χ0) is 19.0. The van der Waals surface area contributed by atoms with Gasteiger partial charge in [0.15, 0.2) is 0 Å². The standard InChI is InChI=1S/C21H22N4O2/c1-14-4-3-5-18(10-14)25-13-22-19-11-16(6-7-20(19)25)21(27)23-17-8-9-24(12-17)15(2)26/h3-7,10-11,13,17H,8-9,12H2,1-2H3,(H,23,27)/t17-/m1/s1. The van der Waals surface area contributed by atoms with E-state index in [1.807, 2.05) is 34.9 Å². The van der Waals surface area contributed by atoms with Crippen molar-refractivity contribution in [1.82, 2.24) is 19.8 Å². The number of likely N-dealkylation sites (tertiary alicyclic amines) is 1. The monoisotopic (exact) mass is 362 g/mol. The van der Waals surface area contributed by atoms with Crippen molar-refractivity contribution in [2.75, 3.05) is 13.1 Å². The van der Waals surface area contributed by atoms with Crippen LogP contribution < -0.4 is 5.32 Å². The Bertz CT molecular complexity index is 1020. The second-order valence-electron chi connectivity index (χ2n) is 7.08. The van der Waals surface area contributed by atoms with Gasteiger partial charge in [0.2, 0.25) is 5.91 Å². The van der Waals surface area contributed by atoms with Crippen LogP contribution in [0.15, 0.2) is 48.8 Å². The van der Waals surface area contributed by atoms with E-state index in [1.165, 1.54) is 5.56 Å². The summed E-state index contributed by atoms with van der Waals surface area (Å²) in [5, 5.41) is 3.02. The highest BCUT2D eigenvalue weighted by molar-refractivity contribution is 5.97. The third-order valence-electron chi connectivity index (χ3n) is 5.06. The van der Waals surface area contributed by atoms with E-state index < -0.39 is 0 Å². The summed E-state index contributed by atoms with van der Waals surface area (Å²) >= 11 is 0. The number of nitrogens with one attached hydrogen (secondary N) is 1. The molecule has 4 rings (SSSR count). The molecule has 3 aromatic rings. The number of benzene rings is 2. The first-order chi connectivity index (χ1) is 13.0. The molecule has 0 radical (unpaired) electrons. The second-order valence-corrected chi connectivity index (χ2v) is 7.08. The Morgan fingerprint density at radius 3 is 2.78 bits per heavy atom.